The number of amides is 1. The maximum absolute atomic E-state index is 12.5. The third-order valence-electron chi connectivity index (χ3n) is 4.48. The van der Waals surface area contributed by atoms with E-state index in [1.807, 2.05) is 37.3 Å². The summed E-state index contributed by atoms with van der Waals surface area (Å²) >= 11 is 0. The molecule has 3 N–H and O–H groups in total. The van der Waals surface area contributed by atoms with Crippen molar-refractivity contribution in [1.29, 1.82) is 0 Å². The molecule has 0 aliphatic rings. The molecular formula is C21H26N2O5S. The van der Waals surface area contributed by atoms with E-state index in [1.165, 1.54) is 19.1 Å². The summed E-state index contributed by atoms with van der Waals surface area (Å²) in [6.07, 6.45) is 0.560. The predicted molar refractivity (Wildman–Crippen MR) is 110 cm³/mol. The molecule has 0 spiro atoms. The van der Waals surface area contributed by atoms with Gasteiger partial charge in [0.2, 0.25) is 10.0 Å². The predicted octanol–water partition coefficient (Wildman–Crippen LogP) is 2.85. The molecule has 0 saturated carbocycles. The Bertz CT molecular complexity index is 974. The van der Waals surface area contributed by atoms with Crippen molar-refractivity contribution < 1.29 is 22.7 Å². The minimum atomic E-state index is -3.97. The molecule has 8 heteroatoms. The third kappa shape index (κ3) is 6.13. The lowest BCUT2D eigenvalue weighted by molar-refractivity contribution is -0.129. The summed E-state index contributed by atoms with van der Waals surface area (Å²) in [4.78, 5) is 24.8. The summed E-state index contributed by atoms with van der Waals surface area (Å²) in [6, 6.07) is 13.4. The van der Waals surface area contributed by atoms with Crippen LogP contribution in [0.3, 0.4) is 0 Å². The zero-order valence-electron chi connectivity index (χ0n) is 16.7. The highest BCUT2D eigenvalue weighted by Gasteiger charge is 2.23. The SMILES string of the molecule is CCCC(NC(=O)C(C)OC(=O)c1ccc(C)c(S(N)(=O)=O)c1)c1ccccc1. The van der Waals surface area contributed by atoms with Gasteiger partial charge in [0.15, 0.2) is 6.10 Å². The summed E-state index contributed by atoms with van der Waals surface area (Å²) in [5.74, 6) is -1.23. The van der Waals surface area contributed by atoms with E-state index in [4.69, 9.17) is 9.88 Å². The van der Waals surface area contributed by atoms with Crippen LogP contribution in [0, 0.1) is 6.92 Å². The lowest BCUT2D eigenvalue weighted by atomic mass is 10.0. The van der Waals surface area contributed by atoms with Crippen molar-refractivity contribution >= 4 is 21.9 Å². The molecule has 0 saturated heterocycles. The van der Waals surface area contributed by atoms with Gasteiger partial charge in [-0.2, -0.15) is 0 Å². The van der Waals surface area contributed by atoms with E-state index in [0.717, 1.165) is 24.5 Å². The number of ether oxygens (including phenoxy) is 1. The van der Waals surface area contributed by atoms with Crippen LogP contribution in [-0.2, 0) is 19.6 Å². The number of primary sulfonamides is 1. The first-order valence-corrected chi connectivity index (χ1v) is 10.9. The number of hydrogen-bond donors (Lipinski definition) is 2. The molecule has 2 rings (SSSR count). The van der Waals surface area contributed by atoms with Gasteiger partial charge in [-0.25, -0.2) is 18.4 Å². The minimum Gasteiger partial charge on any atom is -0.449 e. The molecule has 0 heterocycles. The van der Waals surface area contributed by atoms with Crippen LogP contribution in [0.25, 0.3) is 0 Å². The molecule has 0 fully saturated rings. The number of nitrogens with one attached hydrogen (secondary N) is 1. The summed E-state index contributed by atoms with van der Waals surface area (Å²) in [7, 11) is -3.97. The van der Waals surface area contributed by atoms with E-state index in [-0.39, 0.29) is 16.5 Å². The number of rotatable bonds is 8. The smallest absolute Gasteiger partial charge is 0.338 e. The Hall–Kier alpha value is -2.71. The standard InChI is InChI=1S/C21H26N2O5S/c1-4-8-18(16-9-6-5-7-10-16)23-20(24)15(3)28-21(25)17-12-11-14(2)19(13-17)29(22,26)27/h5-7,9-13,15,18H,4,8H2,1-3H3,(H,23,24)(H2,22,26,27). The van der Waals surface area contributed by atoms with Gasteiger partial charge in [-0.05, 0) is 43.5 Å². The fourth-order valence-electron chi connectivity index (χ4n) is 2.90. The van der Waals surface area contributed by atoms with Crippen molar-refractivity contribution in [2.75, 3.05) is 0 Å². The Morgan fingerprint density at radius 1 is 1.14 bits per heavy atom. The van der Waals surface area contributed by atoms with Gasteiger partial charge in [-0.15, -0.1) is 0 Å². The molecule has 2 aromatic rings. The number of sulfonamides is 1. The number of esters is 1. The van der Waals surface area contributed by atoms with Gasteiger partial charge in [0.25, 0.3) is 5.91 Å². The van der Waals surface area contributed by atoms with Crippen molar-refractivity contribution in [3.05, 3.63) is 65.2 Å². The van der Waals surface area contributed by atoms with E-state index in [0.29, 0.717) is 5.56 Å². The molecule has 2 unspecified atom stereocenters. The van der Waals surface area contributed by atoms with E-state index >= 15 is 0 Å². The molecule has 2 aromatic carbocycles. The first-order chi connectivity index (χ1) is 13.6. The molecule has 1 amide bonds. The Kier molecular flexibility index (Phi) is 7.53. The van der Waals surface area contributed by atoms with Gasteiger partial charge in [0.1, 0.15) is 0 Å². The largest absolute Gasteiger partial charge is 0.449 e. The Morgan fingerprint density at radius 2 is 1.79 bits per heavy atom. The molecule has 0 bridgehead atoms. The summed E-state index contributed by atoms with van der Waals surface area (Å²) in [6.45, 7) is 5.06. The molecule has 0 aliphatic carbocycles. The topological polar surface area (TPSA) is 116 Å². The highest BCUT2D eigenvalue weighted by molar-refractivity contribution is 7.89. The van der Waals surface area contributed by atoms with Crippen LogP contribution in [0.4, 0.5) is 0 Å². The Balaban J connectivity index is 2.10. The molecule has 0 radical (unpaired) electrons. The van der Waals surface area contributed by atoms with Crippen molar-refractivity contribution in [1.82, 2.24) is 5.32 Å². The number of carbonyl (C=O) groups excluding carboxylic acids is 2. The van der Waals surface area contributed by atoms with Gasteiger partial charge >= 0.3 is 5.97 Å². The third-order valence-corrected chi connectivity index (χ3v) is 5.53. The lowest BCUT2D eigenvalue weighted by Crippen LogP contribution is -2.38. The van der Waals surface area contributed by atoms with Crippen LogP contribution < -0.4 is 10.5 Å². The minimum absolute atomic E-state index is 0.00689. The quantitative estimate of drug-likeness (QED) is 0.640. The normalized spacial score (nSPS) is 13.4. The Labute approximate surface area is 171 Å². The highest BCUT2D eigenvalue weighted by atomic mass is 32.2. The lowest BCUT2D eigenvalue weighted by Gasteiger charge is -2.21. The summed E-state index contributed by atoms with van der Waals surface area (Å²) in [5, 5.41) is 8.07. The van der Waals surface area contributed by atoms with Crippen LogP contribution in [-0.4, -0.2) is 26.4 Å². The van der Waals surface area contributed by atoms with Gasteiger partial charge in [0.05, 0.1) is 16.5 Å². The van der Waals surface area contributed by atoms with Gasteiger partial charge in [-0.1, -0.05) is 49.7 Å². The number of nitrogens with two attached hydrogens (primary N) is 1. The second-order valence-corrected chi connectivity index (χ2v) is 8.36. The van der Waals surface area contributed by atoms with Crippen molar-refractivity contribution in [3.63, 3.8) is 0 Å². The summed E-state index contributed by atoms with van der Waals surface area (Å²) < 4.78 is 28.5. The van der Waals surface area contributed by atoms with Crippen LogP contribution in [0.5, 0.6) is 0 Å². The molecule has 29 heavy (non-hydrogen) atoms. The Morgan fingerprint density at radius 3 is 2.38 bits per heavy atom. The zero-order chi connectivity index (χ0) is 21.6. The average Bonchev–Trinajstić information content (AvgIpc) is 2.67. The maximum Gasteiger partial charge on any atom is 0.338 e. The van der Waals surface area contributed by atoms with Crippen LogP contribution in [0.15, 0.2) is 53.4 Å². The van der Waals surface area contributed by atoms with E-state index in [2.05, 4.69) is 5.32 Å². The highest BCUT2D eigenvalue weighted by Crippen LogP contribution is 2.19. The number of hydrogen-bond acceptors (Lipinski definition) is 5. The van der Waals surface area contributed by atoms with Crippen LogP contribution in [0.1, 0.15) is 54.2 Å². The first kappa shape index (κ1) is 22.6. The molecule has 2 atom stereocenters. The van der Waals surface area contributed by atoms with Crippen molar-refractivity contribution in [3.8, 4) is 0 Å². The maximum atomic E-state index is 12.5. The molecule has 0 aromatic heterocycles. The van der Waals surface area contributed by atoms with Gasteiger partial charge in [-0.3, -0.25) is 4.79 Å². The first-order valence-electron chi connectivity index (χ1n) is 9.33. The molecule has 0 aliphatic heterocycles. The zero-order valence-corrected chi connectivity index (χ0v) is 17.5. The van der Waals surface area contributed by atoms with Gasteiger partial charge in [0, 0.05) is 0 Å². The van der Waals surface area contributed by atoms with Crippen LogP contribution in [0.2, 0.25) is 0 Å². The molecule has 156 valence electrons. The molecular weight excluding hydrogens is 392 g/mol. The number of benzene rings is 2. The monoisotopic (exact) mass is 418 g/mol. The van der Waals surface area contributed by atoms with Crippen molar-refractivity contribution in [2.24, 2.45) is 5.14 Å². The second-order valence-electron chi connectivity index (χ2n) is 6.83. The van der Waals surface area contributed by atoms with E-state index in [9.17, 15) is 18.0 Å². The number of carbonyl (C=O) groups is 2. The van der Waals surface area contributed by atoms with Crippen molar-refractivity contribution in [2.45, 2.75) is 50.7 Å². The fraction of sp³-hybridized carbons (Fsp3) is 0.333. The van der Waals surface area contributed by atoms with Crippen LogP contribution >= 0.6 is 0 Å². The van der Waals surface area contributed by atoms with E-state index < -0.39 is 28.0 Å². The van der Waals surface area contributed by atoms with Gasteiger partial charge < -0.3 is 10.1 Å². The number of aryl methyl sites for hydroxylation is 1. The summed E-state index contributed by atoms with van der Waals surface area (Å²) in [5.41, 5.74) is 1.39. The average molecular weight is 419 g/mol. The second kappa shape index (κ2) is 9.67. The molecule has 7 nitrogen and oxygen atoms in total. The van der Waals surface area contributed by atoms with E-state index in [1.54, 1.807) is 6.92 Å². The fourth-order valence-corrected chi connectivity index (χ4v) is 3.71.